The van der Waals surface area contributed by atoms with Gasteiger partial charge in [0.25, 0.3) is 0 Å². The Hall–Kier alpha value is -0.650. The van der Waals surface area contributed by atoms with Crippen LogP contribution >= 0.6 is 11.3 Å². The number of anilines is 1. The van der Waals surface area contributed by atoms with Crippen molar-refractivity contribution in [2.24, 2.45) is 0 Å². The summed E-state index contributed by atoms with van der Waals surface area (Å²) in [5.41, 5.74) is 1.16. The van der Waals surface area contributed by atoms with Crippen LogP contribution in [-0.4, -0.2) is 37.8 Å². The second kappa shape index (κ2) is 5.61. The van der Waals surface area contributed by atoms with Gasteiger partial charge in [-0.2, -0.15) is 0 Å². The van der Waals surface area contributed by atoms with E-state index in [-0.39, 0.29) is 0 Å². The van der Waals surface area contributed by atoms with Gasteiger partial charge < -0.3 is 15.0 Å². The number of aromatic nitrogens is 1. The lowest BCUT2D eigenvalue weighted by Gasteiger charge is -2.26. The first-order valence-electron chi connectivity index (χ1n) is 5.81. The number of nitrogens with one attached hydrogen (secondary N) is 1. The van der Waals surface area contributed by atoms with Crippen LogP contribution in [0.1, 0.15) is 17.5 Å². The third kappa shape index (κ3) is 2.72. The van der Waals surface area contributed by atoms with Gasteiger partial charge in [0.2, 0.25) is 0 Å². The zero-order valence-electron chi connectivity index (χ0n) is 9.95. The highest BCUT2D eigenvalue weighted by Gasteiger charge is 2.16. The van der Waals surface area contributed by atoms with Crippen molar-refractivity contribution in [2.75, 3.05) is 37.7 Å². The van der Waals surface area contributed by atoms with Gasteiger partial charge in [-0.3, -0.25) is 0 Å². The van der Waals surface area contributed by atoms with E-state index in [1.54, 1.807) is 11.3 Å². The summed E-state index contributed by atoms with van der Waals surface area (Å²) in [5, 5.41) is 4.50. The molecule has 1 aliphatic heterocycles. The van der Waals surface area contributed by atoms with Crippen molar-refractivity contribution in [3.63, 3.8) is 0 Å². The third-order valence-electron chi connectivity index (χ3n) is 2.70. The van der Waals surface area contributed by atoms with Crippen molar-refractivity contribution in [3.05, 3.63) is 10.6 Å². The average Bonchev–Trinajstić information content (AvgIpc) is 2.69. The van der Waals surface area contributed by atoms with Gasteiger partial charge in [-0.15, -0.1) is 11.3 Å². The lowest BCUT2D eigenvalue weighted by molar-refractivity contribution is 0.122. The number of hydrogen-bond donors (Lipinski definition) is 1. The molecule has 2 heterocycles. The van der Waals surface area contributed by atoms with Crippen molar-refractivity contribution < 1.29 is 4.74 Å². The van der Waals surface area contributed by atoms with E-state index in [2.05, 4.69) is 29.0 Å². The predicted molar refractivity (Wildman–Crippen MR) is 67.3 cm³/mol. The first kappa shape index (κ1) is 11.8. The van der Waals surface area contributed by atoms with E-state index in [1.807, 2.05) is 0 Å². The largest absolute Gasteiger partial charge is 0.378 e. The molecular formula is C11H19N3OS. The van der Waals surface area contributed by atoms with E-state index in [1.165, 1.54) is 4.88 Å². The summed E-state index contributed by atoms with van der Waals surface area (Å²) < 4.78 is 5.35. The van der Waals surface area contributed by atoms with Crippen LogP contribution in [-0.2, 0) is 11.3 Å². The Morgan fingerprint density at radius 3 is 2.88 bits per heavy atom. The Bertz CT molecular complexity index is 334. The number of morpholine rings is 1. The van der Waals surface area contributed by atoms with Crippen LogP contribution in [0.2, 0.25) is 0 Å². The Morgan fingerprint density at radius 2 is 2.19 bits per heavy atom. The molecule has 0 aliphatic carbocycles. The van der Waals surface area contributed by atoms with Gasteiger partial charge in [0, 0.05) is 24.5 Å². The Morgan fingerprint density at radius 1 is 1.44 bits per heavy atom. The minimum Gasteiger partial charge on any atom is -0.378 e. The zero-order chi connectivity index (χ0) is 11.4. The molecular weight excluding hydrogens is 222 g/mol. The van der Waals surface area contributed by atoms with Gasteiger partial charge in [0.05, 0.1) is 18.9 Å². The van der Waals surface area contributed by atoms with Crippen molar-refractivity contribution in [1.29, 1.82) is 0 Å². The highest BCUT2D eigenvalue weighted by Crippen LogP contribution is 2.26. The van der Waals surface area contributed by atoms with Crippen LogP contribution in [0.3, 0.4) is 0 Å². The van der Waals surface area contributed by atoms with Crippen LogP contribution in [0.5, 0.6) is 0 Å². The monoisotopic (exact) mass is 241 g/mol. The van der Waals surface area contributed by atoms with Gasteiger partial charge >= 0.3 is 0 Å². The first-order chi connectivity index (χ1) is 7.81. The van der Waals surface area contributed by atoms with Crippen LogP contribution < -0.4 is 10.2 Å². The summed E-state index contributed by atoms with van der Waals surface area (Å²) in [4.78, 5) is 8.30. The summed E-state index contributed by atoms with van der Waals surface area (Å²) in [5.74, 6) is 0. The molecule has 1 fully saturated rings. The number of thiazole rings is 1. The average molecular weight is 241 g/mol. The molecule has 0 atom stereocenters. The number of aryl methyl sites for hydroxylation is 1. The molecule has 2 rings (SSSR count). The quantitative estimate of drug-likeness (QED) is 0.864. The molecule has 0 spiro atoms. The minimum absolute atomic E-state index is 0.821. The van der Waals surface area contributed by atoms with E-state index >= 15 is 0 Å². The highest BCUT2D eigenvalue weighted by atomic mass is 32.1. The van der Waals surface area contributed by atoms with E-state index in [0.29, 0.717) is 0 Å². The number of hydrogen-bond acceptors (Lipinski definition) is 5. The van der Waals surface area contributed by atoms with Gasteiger partial charge in [-0.05, 0) is 13.5 Å². The molecule has 0 saturated carbocycles. The van der Waals surface area contributed by atoms with Crippen molar-refractivity contribution >= 4 is 16.5 Å². The van der Waals surface area contributed by atoms with E-state index in [0.717, 1.165) is 50.2 Å². The van der Waals surface area contributed by atoms with Crippen molar-refractivity contribution in [1.82, 2.24) is 10.3 Å². The Balaban J connectivity index is 2.03. The molecule has 1 aromatic heterocycles. The van der Waals surface area contributed by atoms with Gasteiger partial charge in [0.15, 0.2) is 5.13 Å². The number of ether oxygens (including phenoxy) is 1. The Kier molecular flexibility index (Phi) is 4.15. The third-order valence-corrected chi connectivity index (χ3v) is 3.92. The molecule has 5 heteroatoms. The fourth-order valence-corrected chi connectivity index (χ4v) is 2.79. The summed E-state index contributed by atoms with van der Waals surface area (Å²) in [6.45, 7) is 9.73. The molecule has 0 amide bonds. The molecule has 0 aromatic carbocycles. The predicted octanol–water partition coefficient (Wildman–Crippen LogP) is 1.40. The normalized spacial score (nSPS) is 16.8. The summed E-state index contributed by atoms with van der Waals surface area (Å²) in [7, 11) is 0. The zero-order valence-corrected chi connectivity index (χ0v) is 10.8. The molecule has 1 aromatic rings. The second-order valence-electron chi connectivity index (χ2n) is 3.88. The van der Waals surface area contributed by atoms with Crippen molar-refractivity contribution in [3.8, 4) is 0 Å². The second-order valence-corrected chi connectivity index (χ2v) is 4.95. The fourth-order valence-electron chi connectivity index (χ4n) is 1.71. The van der Waals surface area contributed by atoms with Crippen LogP contribution in [0.4, 0.5) is 5.13 Å². The molecule has 16 heavy (non-hydrogen) atoms. The van der Waals surface area contributed by atoms with E-state index in [4.69, 9.17) is 4.74 Å². The van der Waals surface area contributed by atoms with Crippen molar-refractivity contribution in [2.45, 2.75) is 20.4 Å². The lowest BCUT2D eigenvalue weighted by atomic mass is 10.4. The maximum absolute atomic E-state index is 5.35. The van der Waals surface area contributed by atoms with Gasteiger partial charge in [-0.25, -0.2) is 4.98 Å². The SMILES string of the molecule is CCNCc1sc(N2CCOCC2)nc1C. The smallest absolute Gasteiger partial charge is 0.185 e. The molecule has 90 valence electrons. The Labute approximate surface area is 101 Å². The summed E-state index contributed by atoms with van der Waals surface area (Å²) in [6, 6.07) is 0. The van der Waals surface area contributed by atoms with Crippen LogP contribution in [0.15, 0.2) is 0 Å². The van der Waals surface area contributed by atoms with E-state index < -0.39 is 0 Å². The maximum Gasteiger partial charge on any atom is 0.185 e. The van der Waals surface area contributed by atoms with Crippen LogP contribution in [0.25, 0.3) is 0 Å². The van der Waals surface area contributed by atoms with Crippen LogP contribution in [0, 0.1) is 6.92 Å². The maximum atomic E-state index is 5.35. The van der Waals surface area contributed by atoms with Gasteiger partial charge in [-0.1, -0.05) is 6.92 Å². The number of nitrogens with zero attached hydrogens (tertiary/aromatic N) is 2. The number of rotatable bonds is 4. The molecule has 1 aliphatic rings. The molecule has 0 radical (unpaired) electrons. The first-order valence-corrected chi connectivity index (χ1v) is 6.62. The molecule has 0 bridgehead atoms. The molecule has 0 unspecified atom stereocenters. The molecule has 4 nitrogen and oxygen atoms in total. The summed E-state index contributed by atoms with van der Waals surface area (Å²) in [6.07, 6.45) is 0. The van der Waals surface area contributed by atoms with Gasteiger partial charge in [0.1, 0.15) is 0 Å². The fraction of sp³-hybridized carbons (Fsp3) is 0.727. The topological polar surface area (TPSA) is 37.4 Å². The highest BCUT2D eigenvalue weighted by molar-refractivity contribution is 7.15. The summed E-state index contributed by atoms with van der Waals surface area (Å²) >= 11 is 1.80. The lowest BCUT2D eigenvalue weighted by Crippen LogP contribution is -2.36. The minimum atomic E-state index is 0.821. The molecule has 1 N–H and O–H groups in total. The van der Waals surface area contributed by atoms with E-state index in [9.17, 15) is 0 Å². The standard InChI is InChI=1S/C11H19N3OS/c1-3-12-8-10-9(2)13-11(16-10)14-4-6-15-7-5-14/h12H,3-8H2,1-2H3. The molecule has 1 saturated heterocycles.